The van der Waals surface area contributed by atoms with Gasteiger partial charge in [-0.2, -0.15) is 9.61 Å². The molecule has 1 aliphatic rings. The predicted octanol–water partition coefficient (Wildman–Crippen LogP) is 1.27. The summed E-state index contributed by atoms with van der Waals surface area (Å²) in [5, 5.41) is 12.2. The molecule has 0 aliphatic carbocycles. The van der Waals surface area contributed by atoms with E-state index in [0.717, 1.165) is 18.7 Å². The Bertz CT molecular complexity index is 525. The van der Waals surface area contributed by atoms with Gasteiger partial charge in [-0.15, -0.1) is 10.2 Å². The first kappa shape index (κ1) is 10.2. The lowest BCUT2D eigenvalue weighted by Crippen LogP contribution is -2.28. The Morgan fingerprint density at radius 1 is 1.18 bits per heavy atom. The van der Waals surface area contributed by atoms with Crippen molar-refractivity contribution in [2.45, 2.75) is 19.3 Å². The van der Waals surface area contributed by atoms with Crippen LogP contribution in [0.4, 0.5) is 5.95 Å². The topological polar surface area (TPSA) is 58.7 Å². The summed E-state index contributed by atoms with van der Waals surface area (Å²) in [5.41, 5.74) is 0.721. The van der Waals surface area contributed by atoms with Crippen molar-refractivity contribution in [3.8, 4) is 0 Å². The number of aliphatic imine (C=N–C) groups is 1. The zero-order chi connectivity index (χ0) is 11.5. The van der Waals surface area contributed by atoms with Crippen molar-refractivity contribution in [3.63, 3.8) is 0 Å². The molecule has 0 radical (unpaired) electrons. The van der Waals surface area contributed by atoms with Gasteiger partial charge in [-0.1, -0.05) is 0 Å². The van der Waals surface area contributed by atoms with Crippen LogP contribution in [0.1, 0.15) is 19.3 Å². The van der Waals surface area contributed by atoms with Gasteiger partial charge < -0.3 is 4.90 Å². The first-order valence-corrected chi connectivity index (χ1v) is 5.88. The molecular weight excluding hydrogens is 216 g/mol. The van der Waals surface area contributed by atoms with Gasteiger partial charge in [0.2, 0.25) is 0 Å². The summed E-state index contributed by atoms with van der Waals surface area (Å²) in [6.45, 7) is 2.15. The Hall–Kier alpha value is -1.98. The summed E-state index contributed by atoms with van der Waals surface area (Å²) in [6.07, 6.45) is 7.36. The van der Waals surface area contributed by atoms with Gasteiger partial charge in [0.15, 0.2) is 5.65 Å². The lowest BCUT2D eigenvalue weighted by atomic mass is 10.1. The second-order valence-corrected chi connectivity index (χ2v) is 4.13. The molecular formula is C11H14N6. The maximum absolute atomic E-state index is 4.35. The molecule has 0 amide bonds. The van der Waals surface area contributed by atoms with Crippen LogP contribution in [-0.4, -0.2) is 44.1 Å². The molecule has 88 valence electrons. The van der Waals surface area contributed by atoms with Gasteiger partial charge in [-0.3, -0.25) is 0 Å². The Balaban J connectivity index is 1.82. The maximum atomic E-state index is 4.35. The summed E-state index contributed by atoms with van der Waals surface area (Å²) in [5.74, 6) is 0.533. The summed E-state index contributed by atoms with van der Waals surface area (Å²) < 4.78 is 1.64. The van der Waals surface area contributed by atoms with Crippen molar-refractivity contribution in [3.05, 3.63) is 18.3 Å². The summed E-state index contributed by atoms with van der Waals surface area (Å²) in [4.78, 5) is 6.56. The summed E-state index contributed by atoms with van der Waals surface area (Å²) >= 11 is 0. The molecule has 0 spiro atoms. The number of aromatic nitrogens is 4. The summed E-state index contributed by atoms with van der Waals surface area (Å²) in [6, 6.07) is 3.70. The molecule has 1 saturated heterocycles. The van der Waals surface area contributed by atoms with Gasteiger partial charge in [0.25, 0.3) is 5.95 Å². The van der Waals surface area contributed by atoms with Crippen molar-refractivity contribution in [2.75, 3.05) is 13.1 Å². The number of hydrogen-bond donors (Lipinski definition) is 0. The quantitative estimate of drug-likeness (QED) is 0.576. The van der Waals surface area contributed by atoms with Crippen LogP contribution < -0.4 is 0 Å². The summed E-state index contributed by atoms with van der Waals surface area (Å²) in [7, 11) is 0. The molecule has 2 aromatic rings. The second-order valence-electron chi connectivity index (χ2n) is 4.13. The largest absolute Gasteiger partial charge is 0.362 e. The number of hydrogen-bond acceptors (Lipinski definition) is 4. The normalized spacial score (nSPS) is 17.1. The van der Waals surface area contributed by atoms with Crippen molar-refractivity contribution in [1.29, 1.82) is 0 Å². The Labute approximate surface area is 99.0 Å². The van der Waals surface area contributed by atoms with Crippen molar-refractivity contribution in [2.24, 2.45) is 4.99 Å². The molecule has 17 heavy (non-hydrogen) atoms. The minimum atomic E-state index is 0.533. The molecule has 2 aromatic heterocycles. The lowest BCUT2D eigenvalue weighted by Gasteiger charge is -2.23. The molecule has 0 unspecified atom stereocenters. The molecule has 0 bridgehead atoms. The third-order valence-electron chi connectivity index (χ3n) is 2.89. The van der Waals surface area contributed by atoms with Crippen LogP contribution in [0.15, 0.2) is 23.3 Å². The highest BCUT2D eigenvalue weighted by Crippen LogP contribution is 2.10. The molecule has 6 heteroatoms. The highest BCUT2D eigenvalue weighted by molar-refractivity contribution is 5.59. The fourth-order valence-corrected chi connectivity index (χ4v) is 1.98. The third kappa shape index (κ3) is 2.11. The van der Waals surface area contributed by atoms with Crippen molar-refractivity contribution >= 4 is 17.9 Å². The molecule has 3 rings (SSSR count). The average Bonchev–Trinajstić information content (AvgIpc) is 2.81. The molecule has 0 N–H and O–H groups in total. The Morgan fingerprint density at radius 3 is 2.94 bits per heavy atom. The molecule has 6 nitrogen and oxygen atoms in total. The van der Waals surface area contributed by atoms with E-state index in [4.69, 9.17) is 0 Å². The molecule has 3 heterocycles. The van der Waals surface area contributed by atoms with Gasteiger partial charge in [-0.05, 0) is 31.4 Å². The standard InChI is InChI=1S/C11H14N6/c1-2-7-16(8-3-1)9-12-11-15-14-10-5-4-6-13-17(10)11/h4-6,9H,1-3,7-8H2. The van der Waals surface area contributed by atoms with Crippen LogP contribution in [-0.2, 0) is 0 Å². The number of piperidine rings is 1. The Kier molecular flexibility index (Phi) is 2.69. The van der Waals surface area contributed by atoms with Gasteiger partial charge in [0.1, 0.15) is 0 Å². The fraction of sp³-hybridized carbons (Fsp3) is 0.455. The van der Waals surface area contributed by atoms with Gasteiger partial charge in [0, 0.05) is 19.3 Å². The van der Waals surface area contributed by atoms with E-state index in [1.54, 1.807) is 10.7 Å². The first-order chi connectivity index (χ1) is 8.43. The SMILES string of the molecule is C(=Nc1nnc2cccnn12)N1CCCCC1. The van der Waals surface area contributed by atoms with E-state index in [9.17, 15) is 0 Å². The first-order valence-electron chi connectivity index (χ1n) is 5.88. The highest BCUT2D eigenvalue weighted by Gasteiger charge is 2.07. The second kappa shape index (κ2) is 4.48. The number of rotatable bonds is 2. The molecule has 0 atom stereocenters. The maximum Gasteiger partial charge on any atom is 0.273 e. The van der Waals surface area contributed by atoms with Gasteiger partial charge >= 0.3 is 0 Å². The zero-order valence-corrected chi connectivity index (χ0v) is 9.53. The number of likely N-dealkylation sites (tertiary alicyclic amines) is 1. The number of fused-ring (bicyclic) bond motifs is 1. The molecule has 1 aliphatic heterocycles. The van der Waals surface area contributed by atoms with Crippen LogP contribution in [0.25, 0.3) is 5.65 Å². The van der Waals surface area contributed by atoms with E-state index >= 15 is 0 Å². The predicted molar refractivity (Wildman–Crippen MR) is 64.4 cm³/mol. The van der Waals surface area contributed by atoms with Crippen LogP contribution in [0.5, 0.6) is 0 Å². The Morgan fingerprint density at radius 2 is 2.06 bits per heavy atom. The van der Waals surface area contributed by atoms with E-state index in [1.165, 1.54) is 19.3 Å². The minimum Gasteiger partial charge on any atom is -0.362 e. The number of nitrogens with zero attached hydrogens (tertiary/aromatic N) is 6. The van der Waals surface area contributed by atoms with Crippen LogP contribution >= 0.6 is 0 Å². The van der Waals surface area contributed by atoms with E-state index < -0.39 is 0 Å². The van der Waals surface area contributed by atoms with Crippen LogP contribution in [0.2, 0.25) is 0 Å². The lowest BCUT2D eigenvalue weighted by molar-refractivity contribution is 0.351. The van der Waals surface area contributed by atoms with Gasteiger partial charge in [-0.25, -0.2) is 4.99 Å². The highest BCUT2D eigenvalue weighted by atomic mass is 15.4. The fourth-order valence-electron chi connectivity index (χ4n) is 1.98. The van der Waals surface area contributed by atoms with E-state index in [1.807, 2.05) is 18.5 Å². The smallest absolute Gasteiger partial charge is 0.273 e. The van der Waals surface area contributed by atoms with Gasteiger partial charge in [0.05, 0.1) is 6.34 Å². The van der Waals surface area contributed by atoms with Crippen LogP contribution in [0, 0.1) is 0 Å². The average molecular weight is 230 g/mol. The molecule has 1 fully saturated rings. The molecule has 0 aromatic carbocycles. The van der Waals surface area contributed by atoms with Crippen molar-refractivity contribution < 1.29 is 0 Å². The van der Waals surface area contributed by atoms with Crippen LogP contribution in [0.3, 0.4) is 0 Å². The minimum absolute atomic E-state index is 0.533. The zero-order valence-electron chi connectivity index (χ0n) is 9.53. The van der Waals surface area contributed by atoms with E-state index in [0.29, 0.717) is 5.95 Å². The van der Waals surface area contributed by atoms with Crippen molar-refractivity contribution in [1.82, 2.24) is 24.7 Å². The van der Waals surface area contributed by atoms with E-state index in [2.05, 4.69) is 25.2 Å². The monoisotopic (exact) mass is 230 g/mol. The molecule has 0 saturated carbocycles. The third-order valence-corrected chi connectivity index (χ3v) is 2.89. The van der Waals surface area contributed by atoms with E-state index in [-0.39, 0.29) is 0 Å².